The second-order valence-corrected chi connectivity index (χ2v) is 5.84. The Labute approximate surface area is 138 Å². The van der Waals surface area contributed by atoms with Crippen LogP contribution in [0, 0.1) is 0 Å². The lowest BCUT2D eigenvalue weighted by Gasteiger charge is -2.12. The molecule has 2 aromatic rings. The summed E-state index contributed by atoms with van der Waals surface area (Å²) in [5.74, 6) is 1.08. The number of carbonyl (C=O) groups is 1. The van der Waals surface area contributed by atoms with E-state index in [-0.39, 0.29) is 5.56 Å². The summed E-state index contributed by atoms with van der Waals surface area (Å²) in [6, 6.07) is 8.26. The maximum Gasteiger partial charge on any atom is 0.250 e. The number of anilines is 1. The van der Waals surface area contributed by atoms with Crippen molar-refractivity contribution in [3.8, 4) is 17.2 Å². The van der Waals surface area contributed by atoms with Crippen LogP contribution in [0.15, 0.2) is 39.3 Å². The number of nitrogen functional groups attached to an aromatic ring is 1. The lowest BCUT2D eigenvalue weighted by molar-refractivity contribution is 0.100. The van der Waals surface area contributed by atoms with Gasteiger partial charge in [-0.25, -0.2) is 0 Å². The van der Waals surface area contributed by atoms with Gasteiger partial charge in [0.05, 0.1) is 21.6 Å². The number of ether oxygens (including phenoxy) is 2. The molecule has 0 aromatic heterocycles. The molecule has 0 heterocycles. The molecule has 1 amide bonds. The van der Waals surface area contributed by atoms with Gasteiger partial charge in [-0.1, -0.05) is 0 Å². The Balaban J connectivity index is 2.36. The van der Waals surface area contributed by atoms with Crippen molar-refractivity contribution in [3.63, 3.8) is 0 Å². The number of primary amides is 1. The van der Waals surface area contributed by atoms with Crippen molar-refractivity contribution in [2.75, 3.05) is 12.8 Å². The van der Waals surface area contributed by atoms with Crippen LogP contribution < -0.4 is 20.9 Å². The van der Waals surface area contributed by atoms with Crippen LogP contribution in [0.3, 0.4) is 0 Å². The van der Waals surface area contributed by atoms with Crippen LogP contribution in [0.2, 0.25) is 0 Å². The van der Waals surface area contributed by atoms with E-state index in [1.807, 2.05) is 0 Å². The van der Waals surface area contributed by atoms with E-state index in [0.29, 0.717) is 27.4 Å². The Morgan fingerprint density at radius 3 is 2.33 bits per heavy atom. The van der Waals surface area contributed by atoms with Crippen molar-refractivity contribution in [2.24, 2.45) is 5.73 Å². The van der Waals surface area contributed by atoms with Gasteiger partial charge >= 0.3 is 0 Å². The number of nitrogens with two attached hydrogens (primary N) is 2. The summed E-state index contributed by atoms with van der Waals surface area (Å²) < 4.78 is 12.4. The monoisotopic (exact) mass is 414 g/mol. The first-order valence-corrected chi connectivity index (χ1v) is 7.41. The second kappa shape index (κ2) is 6.36. The molecular weight excluding hydrogens is 404 g/mol. The molecule has 0 aliphatic heterocycles. The highest BCUT2D eigenvalue weighted by atomic mass is 79.9. The van der Waals surface area contributed by atoms with Crippen LogP contribution in [-0.2, 0) is 0 Å². The molecule has 0 spiro atoms. The molecule has 4 N–H and O–H groups in total. The molecule has 0 radical (unpaired) electrons. The molecule has 5 nitrogen and oxygen atoms in total. The minimum atomic E-state index is -0.604. The molecule has 0 saturated carbocycles. The molecule has 0 aliphatic carbocycles. The minimum absolute atomic E-state index is 0.219. The van der Waals surface area contributed by atoms with Gasteiger partial charge in [-0.15, -0.1) is 0 Å². The molecule has 0 saturated heterocycles. The number of rotatable bonds is 4. The Morgan fingerprint density at radius 1 is 1.10 bits per heavy atom. The summed E-state index contributed by atoms with van der Waals surface area (Å²) in [7, 11) is 1.58. The standard InChI is InChI=1S/C14H12Br2N2O3/c1-20-12-5-10(16)13(6-9(12)15)21-7-2-3-11(17)8(4-7)14(18)19/h2-6H,17H2,1H3,(H2,18,19). The molecule has 2 rings (SSSR count). The zero-order valence-electron chi connectivity index (χ0n) is 11.0. The quantitative estimate of drug-likeness (QED) is 0.745. The second-order valence-electron chi connectivity index (χ2n) is 4.13. The zero-order chi connectivity index (χ0) is 15.6. The topological polar surface area (TPSA) is 87.6 Å². The predicted molar refractivity (Wildman–Crippen MR) is 87.8 cm³/mol. The van der Waals surface area contributed by atoms with E-state index < -0.39 is 5.91 Å². The summed E-state index contributed by atoms with van der Waals surface area (Å²) >= 11 is 6.78. The van der Waals surface area contributed by atoms with Crippen molar-refractivity contribution >= 4 is 43.5 Å². The fourth-order valence-electron chi connectivity index (χ4n) is 1.68. The molecule has 2 aromatic carbocycles. The average molecular weight is 416 g/mol. The number of benzene rings is 2. The van der Waals surface area contributed by atoms with Crippen molar-refractivity contribution in [2.45, 2.75) is 0 Å². The van der Waals surface area contributed by atoms with Gasteiger partial charge in [-0.05, 0) is 62.2 Å². The lowest BCUT2D eigenvalue weighted by Crippen LogP contribution is -2.13. The molecule has 0 aliphatic rings. The van der Waals surface area contributed by atoms with Crippen molar-refractivity contribution in [3.05, 3.63) is 44.8 Å². The third kappa shape index (κ3) is 3.48. The van der Waals surface area contributed by atoms with Gasteiger partial charge in [-0.2, -0.15) is 0 Å². The SMILES string of the molecule is COc1cc(Br)c(Oc2ccc(N)c(C(N)=O)c2)cc1Br. The van der Waals surface area contributed by atoms with Crippen LogP contribution in [-0.4, -0.2) is 13.0 Å². The summed E-state index contributed by atoms with van der Waals surface area (Å²) in [6.45, 7) is 0. The van der Waals surface area contributed by atoms with E-state index in [4.69, 9.17) is 20.9 Å². The molecule has 110 valence electrons. The molecular formula is C14H12Br2N2O3. The maximum absolute atomic E-state index is 11.3. The Morgan fingerprint density at radius 2 is 1.71 bits per heavy atom. The number of hydrogen-bond donors (Lipinski definition) is 2. The molecule has 0 fully saturated rings. The van der Waals surface area contributed by atoms with Gasteiger partial charge in [0.2, 0.25) is 0 Å². The van der Waals surface area contributed by atoms with Crippen LogP contribution in [0.4, 0.5) is 5.69 Å². The van der Waals surface area contributed by atoms with Gasteiger partial charge in [0.15, 0.2) is 0 Å². The van der Waals surface area contributed by atoms with Gasteiger partial charge in [-0.3, -0.25) is 4.79 Å². The highest BCUT2D eigenvalue weighted by molar-refractivity contribution is 9.11. The third-order valence-corrected chi connectivity index (χ3v) is 3.96. The number of carbonyl (C=O) groups excluding carboxylic acids is 1. The molecule has 21 heavy (non-hydrogen) atoms. The lowest BCUT2D eigenvalue weighted by atomic mass is 10.1. The largest absolute Gasteiger partial charge is 0.496 e. The maximum atomic E-state index is 11.3. The minimum Gasteiger partial charge on any atom is -0.496 e. The van der Waals surface area contributed by atoms with Gasteiger partial charge in [0.1, 0.15) is 17.2 Å². The Bertz CT molecular complexity index is 705. The van der Waals surface area contributed by atoms with Crippen LogP contribution in [0.25, 0.3) is 0 Å². The summed E-state index contributed by atoms with van der Waals surface area (Å²) in [4.78, 5) is 11.3. The Kier molecular flexibility index (Phi) is 4.74. The van der Waals surface area contributed by atoms with Crippen LogP contribution in [0.1, 0.15) is 10.4 Å². The molecule has 0 atom stereocenters. The first-order chi connectivity index (χ1) is 9.92. The van der Waals surface area contributed by atoms with E-state index in [9.17, 15) is 4.79 Å². The summed E-state index contributed by atoms with van der Waals surface area (Å²) in [5, 5.41) is 0. The van der Waals surface area contributed by atoms with Gasteiger partial charge in [0, 0.05) is 5.69 Å². The van der Waals surface area contributed by atoms with Crippen LogP contribution >= 0.6 is 31.9 Å². The molecule has 7 heteroatoms. The molecule has 0 bridgehead atoms. The van der Waals surface area contributed by atoms with Crippen LogP contribution in [0.5, 0.6) is 17.2 Å². The predicted octanol–water partition coefficient (Wildman–Crippen LogP) is 3.69. The third-order valence-electron chi connectivity index (χ3n) is 2.72. The Hall–Kier alpha value is -1.73. The van der Waals surface area contributed by atoms with E-state index in [2.05, 4.69) is 31.9 Å². The van der Waals surface area contributed by atoms with Crippen molar-refractivity contribution < 1.29 is 14.3 Å². The van der Waals surface area contributed by atoms with Gasteiger partial charge < -0.3 is 20.9 Å². The van der Waals surface area contributed by atoms with E-state index >= 15 is 0 Å². The highest BCUT2D eigenvalue weighted by Gasteiger charge is 2.12. The van der Waals surface area contributed by atoms with Crippen molar-refractivity contribution in [1.82, 2.24) is 0 Å². The highest BCUT2D eigenvalue weighted by Crippen LogP contribution is 2.38. The average Bonchev–Trinajstić information content (AvgIpc) is 2.44. The van der Waals surface area contributed by atoms with E-state index in [1.165, 1.54) is 6.07 Å². The molecule has 0 unspecified atom stereocenters. The first kappa shape index (κ1) is 15.7. The number of halogens is 2. The van der Waals surface area contributed by atoms with E-state index in [0.717, 1.165) is 4.47 Å². The normalized spacial score (nSPS) is 10.2. The summed E-state index contributed by atoms with van der Waals surface area (Å²) in [6.07, 6.45) is 0. The summed E-state index contributed by atoms with van der Waals surface area (Å²) in [5.41, 5.74) is 11.5. The zero-order valence-corrected chi connectivity index (χ0v) is 14.2. The fourth-order valence-corrected chi connectivity index (χ4v) is 2.57. The number of hydrogen-bond acceptors (Lipinski definition) is 4. The fraction of sp³-hybridized carbons (Fsp3) is 0.0714. The van der Waals surface area contributed by atoms with Crippen molar-refractivity contribution in [1.29, 1.82) is 0 Å². The van der Waals surface area contributed by atoms with E-state index in [1.54, 1.807) is 31.4 Å². The number of amides is 1. The smallest absolute Gasteiger partial charge is 0.250 e. The number of methoxy groups -OCH3 is 1. The van der Waals surface area contributed by atoms with Gasteiger partial charge in [0.25, 0.3) is 5.91 Å². The first-order valence-electron chi connectivity index (χ1n) is 5.82.